The van der Waals surface area contributed by atoms with Crippen molar-refractivity contribution in [2.45, 2.75) is 6.04 Å². The van der Waals surface area contributed by atoms with E-state index in [9.17, 15) is 14.4 Å². The average molecular weight is 234 g/mol. The summed E-state index contributed by atoms with van der Waals surface area (Å²) < 4.78 is 5.15. The van der Waals surface area contributed by atoms with Gasteiger partial charge >= 0.3 is 0 Å². The SMILES string of the molecule is O=C(COc1ccccc1)NC1C(=O)NC1=O. The summed E-state index contributed by atoms with van der Waals surface area (Å²) in [5, 5.41) is 4.26. The third kappa shape index (κ3) is 2.60. The molecule has 0 atom stereocenters. The van der Waals surface area contributed by atoms with E-state index in [1.807, 2.05) is 11.4 Å². The molecule has 88 valence electrons. The highest BCUT2D eigenvalue weighted by Gasteiger charge is 2.39. The van der Waals surface area contributed by atoms with E-state index in [0.717, 1.165) is 0 Å². The van der Waals surface area contributed by atoms with Crippen molar-refractivity contribution in [1.82, 2.24) is 10.6 Å². The van der Waals surface area contributed by atoms with Crippen LogP contribution in [0, 0.1) is 0 Å². The Morgan fingerprint density at radius 2 is 1.88 bits per heavy atom. The van der Waals surface area contributed by atoms with Gasteiger partial charge in [0, 0.05) is 0 Å². The van der Waals surface area contributed by atoms with Crippen molar-refractivity contribution in [1.29, 1.82) is 0 Å². The first kappa shape index (κ1) is 11.1. The standard InChI is InChI=1S/C11H10N2O4/c14-8(12-9-10(15)13-11(9)16)6-17-7-4-2-1-3-5-7/h1-5,9H,6H2,(H,12,14)(H,13,15,16). The quantitative estimate of drug-likeness (QED) is 0.528. The molecule has 1 aliphatic heterocycles. The van der Waals surface area contributed by atoms with Crippen molar-refractivity contribution in [3.8, 4) is 5.75 Å². The Kier molecular flexibility index (Phi) is 3.04. The predicted molar refractivity (Wildman–Crippen MR) is 57.0 cm³/mol. The number of carbonyl (C=O) groups is 3. The van der Waals surface area contributed by atoms with Crippen LogP contribution in [0.25, 0.3) is 0 Å². The number of imide groups is 1. The number of β-lactam (4-membered cyclic amide) rings is 2. The van der Waals surface area contributed by atoms with Gasteiger partial charge in [0.25, 0.3) is 17.7 Å². The maximum Gasteiger partial charge on any atom is 0.259 e. The van der Waals surface area contributed by atoms with Gasteiger partial charge in [-0.15, -0.1) is 0 Å². The Labute approximate surface area is 96.9 Å². The van der Waals surface area contributed by atoms with Crippen molar-refractivity contribution in [3.05, 3.63) is 30.3 Å². The number of hydrogen-bond donors (Lipinski definition) is 2. The number of benzene rings is 1. The monoisotopic (exact) mass is 234 g/mol. The number of rotatable bonds is 4. The van der Waals surface area contributed by atoms with Gasteiger partial charge in [0.05, 0.1) is 0 Å². The molecular weight excluding hydrogens is 224 g/mol. The first-order valence-corrected chi connectivity index (χ1v) is 4.99. The fourth-order valence-electron chi connectivity index (χ4n) is 1.31. The summed E-state index contributed by atoms with van der Waals surface area (Å²) in [5.41, 5.74) is 0. The van der Waals surface area contributed by atoms with Crippen molar-refractivity contribution >= 4 is 17.7 Å². The van der Waals surface area contributed by atoms with Crippen LogP contribution in [0.1, 0.15) is 0 Å². The van der Waals surface area contributed by atoms with Crippen LogP contribution in [-0.4, -0.2) is 30.4 Å². The molecule has 17 heavy (non-hydrogen) atoms. The summed E-state index contributed by atoms with van der Waals surface area (Å²) >= 11 is 0. The second kappa shape index (κ2) is 4.65. The van der Waals surface area contributed by atoms with E-state index in [-0.39, 0.29) is 6.61 Å². The molecule has 1 aromatic rings. The molecule has 6 heteroatoms. The molecule has 0 radical (unpaired) electrons. The molecule has 0 spiro atoms. The van der Waals surface area contributed by atoms with E-state index in [4.69, 9.17) is 4.74 Å². The zero-order valence-corrected chi connectivity index (χ0v) is 8.80. The molecule has 0 unspecified atom stereocenters. The van der Waals surface area contributed by atoms with Gasteiger partial charge in [-0.3, -0.25) is 19.7 Å². The lowest BCUT2D eigenvalue weighted by Crippen LogP contribution is -2.66. The van der Waals surface area contributed by atoms with Crippen LogP contribution in [0.15, 0.2) is 30.3 Å². The van der Waals surface area contributed by atoms with Crippen LogP contribution in [0.4, 0.5) is 0 Å². The highest BCUT2D eigenvalue weighted by Crippen LogP contribution is 2.07. The summed E-state index contributed by atoms with van der Waals surface area (Å²) in [6.45, 7) is -0.235. The third-order valence-corrected chi connectivity index (χ3v) is 2.19. The summed E-state index contributed by atoms with van der Waals surface area (Å²) in [7, 11) is 0. The number of carbonyl (C=O) groups excluding carboxylic acids is 3. The van der Waals surface area contributed by atoms with Crippen LogP contribution in [0.3, 0.4) is 0 Å². The fourth-order valence-corrected chi connectivity index (χ4v) is 1.31. The van der Waals surface area contributed by atoms with Crippen molar-refractivity contribution < 1.29 is 19.1 Å². The van der Waals surface area contributed by atoms with Crippen molar-refractivity contribution in [2.75, 3.05) is 6.61 Å². The summed E-state index contributed by atoms with van der Waals surface area (Å²) in [4.78, 5) is 33.1. The highest BCUT2D eigenvalue weighted by molar-refractivity contribution is 6.22. The smallest absolute Gasteiger partial charge is 0.259 e. The molecular formula is C11H10N2O4. The second-order valence-electron chi connectivity index (χ2n) is 3.46. The minimum absolute atomic E-state index is 0.235. The molecule has 0 aliphatic carbocycles. The molecule has 0 saturated carbocycles. The Balaban J connectivity index is 1.78. The van der Waals surface area contributed by atoms with Crippen LogP contribution >= 0.6 is 0 Å². The minimum atomic E-state index is -1.07. The van der Waals surface area contributed by atoms with E-state index in [1.165, 1.54) is 0 Å². The average Bonchev–Trinajstić information content (AvgIpc) is 2.35. The lowest BCUT2D eigenvalue weighted by Gasteiger charge is -2.24. The van der Waals surface area contributed by atoms with Crippen LogP contribution in [0.2, 0.25) is 0 Å². The van der Waals surface area contributed by atoms with Gasteiger partial charge in [0.1, 0.15) is 5.75 Å². The normalized spacial score (nSPS) is 14.8. The zero-order valence-electron chi connectivity index (χ0n) is 8.80. The van der Waals surface area contributed by atoms with Crippen molar-refractivity contribution in [3.63, 3.8) is 0 Å². The zero-order chi connectivity index (χ0) is 12.3. The molecule has 1 heterocycles. The highest BCUT2D eigenvalue weighted by atomic mass is 16.5. The van der Waals surface area contributed by atoms with E-state index in [2.05, 4.69) is 5.32 Å². The van der Waals surface area contributed by atoms with Gasteiger partial charge in [-0.2, -0.15) is 0 Å². The van der Waals surface area contributed by atoms with Gasteiger partial charge in [-0.05, 0) is 12.1 Å². The summed E-state index contributed by atoms with van der Waals surface area (Å²) in [6, 6.07) is 7.71. The summed E-state index contributed by atoms with van der Waals surface area (Å²) in [6.07, 6.45) is 0. The second-order valence-corrected chi connectivity index (χ2v) is 3.46. The summed E-state index contributed by atoms with van der Waals surface area (Å²) in [5.74, 6) is -0.958. The van der Waals surface area contributed by atoms with Crippen LogP contribution in [-0.2, 0) is 14.4 Å². The molecule has 1 aromatic carbocycles. The number of para-hydroxylation sites is 1. The van der Waals surface area contributed by atoms with Crippen LogP contribution in [0.5, 0.6) is 5.75 Å². The first-order valence-electron chi connectivity index (χ1n) is 4.99. The van der Waals surface area contributed by atoms with Crippen LogP contribution < -0.4 is 15.4 Å². The van der Waals surface area contributed by atoms with Crippen molar-refractivity contribution in [2.24, 2.45) is 0 Å². The molecule has 0 aromatic heterocycles. The largest absolute Gasteiger partial charge is 0.484 e. The van der Waals surface area contributed by atoms with Gasteiger partial charge in [-0.25, -0.2) is 0 Å². The lowest BCUT2D eigenvalue weighted by atomic mass is 10.1. The Morgan fingerprint density at radius 3 is 2.47 bits per heavy atom. The molecule has 2 rings (SSSR count). The van der Waals surface area contributed by atoms with E-state index < -0.39 is 23.8 Å². The fraction of sp³-hybridized carbons (Fsp3) is 0.182. The predicted octanol–water partition coefficient (Wildman–Crippen LogP) is -0.793. The van der Waals surface area contributed by atoms with E-state index >= 15 is 0 Å². The Bertz CT molecular complexity index is 444. The molecule has 1 aliphatic rings. The molecule has 6 nitrogen and oxygen atoms in total. The van der Waals surface area contributed by atoms with E-state index in [0.29, 0.717) is 5.75 Å². The molecule has 1 saturated heterocycles. The van der Waals surface area contributed by atoms with Gasteiger partial charge in [-0.1, -0.05) is 18.2 Å². The molecule has 2 N–H and O–H groups in total. The lowest BCUT2D eigenvalue weighted by molar-refractivity contribution is -0.147. The number of nitrogens with one attached hydrogen (secondary N) is 2. The first-order chi connectivity index (χ1) is 8.16. The number of hydrogen-bond acceptors (Lipinski definition) is 4. The van der Waals surface area contributed by atoms with E-state index in [1.54, 1.807) is 24.3 Å². The Morgan fingerprint density at radius 1 is 1.24 bits per heavy atom. The Hall–Kier alpha value is -2.37. The number of ether oxygens (including phenoxy) is 1. The maximum atomic E-state index is 11.3. The molecule has 0 bridgehead atoms. The van der Waals surface area contributed by atoms with Gasteiger partial charge in [0.15, 0.2) is 12.6 Å². The minimum Gasteiger partial charge on any atom is -0.484 e. The van der Waals surface area contributed by atoms with Gasteiger partial charge in [0.2, 0.25) is 0 Å². The van der Waals surface area contributed by atoms with Gasteiger partial charge < -0.3 is 10.1 Å². The number of amides is 3. The molecule has 1 fully saturated rings. The third-order valence-electron chi connectivity index (χ3n) is 2.19. The molecule has 3 amide bonds. The maximum absolute atomic E-state index is 11.3. The topological polar surface area (TPSA) is 84.5 Å².